The molecule has 2 aromatic rings. The van der Waals surface area contributed by atoms with E-state index in [0.29, 0.717) is 11.8 Å². The lowest BCUT2D eigenvalue weighted by Crippen LogP contribution is -2.25. The molecule has 108 valence electrons. The predicted molar refractivity (Wildman–Crippen MR) is 78.6 cm³/mol. The van der Waals surface area contributed by atoms with E-state index in [1.54, 1.807) is 11.3 Å². The summed E-state index contributed by atoms with van der Waals surface area (Å²) in [5.41, 5.74) is 7.49. The van der Waals surface area contributed by atoms with Crippen LogP contribution in [0.3, 0.4) is 0 Å². The Morgan fingerprint density at radius 3 is 3.20 bits per heavy atom. The van der Waals surface area contributed by atoms with Crippen LogP contribution in [0, 0.1) is 5.92 Å². The van der Waals surface area contributed by atoms with Crippen LogP contribution in [0.4, 0.5) is 0 Å². The van der Waals surface area contributed by atoms with Gasteiger partial charge in [0.05, 0.1) is 29.7 Å². The highest BCUT2D eigenvalue weighted by atomic mass is 32.1. The topological polar surface area (TPSA) is 66.0 Å². The maximum atomic E-state index is 6.39. The molecule has 0 radical (unpaired) electrons. The summed E-state index contributed by atoms with van der Waals surface area (Å²) in [7, 11) is 0. The first-order chi connectivity index (χ1) is 9.75. The highest BCUT2D eigenvalue weighted by molar-refractivity contribution is 7.09. The Bertz CT molecular complexity index is 533. The number of imidazole rings is 1. The Morgan fingerprint density at radius 2 is 2.50 bits per heavy atom. The van der Waals surface area contributed by atoms with Crippen LogP contribution in [-0.4, -0.2) is 27.7 Å². The molecule has 0 amide bonds. The molecule has 0 bridgehead atoms. The van der Waals surface area contributed by atoms with Gasteiger partial charge in [0, 0.05) is 42.8 Å². The van der Waals surface area contributed by atoms with Crippen molar-refractivity contribution in [3.05, 3.63) is 34.8 Å². The van der Waals surface area contributed by atoms with Gasteiger partial charge in [-0.25, -0.2) is 9.97 Å². The summed E-state index contributed by atoms with van der Waals surface area (Å²) in [5.74, 6) is 0.774. The molecule has 0 aliphatic carbocycles. The third-order valence-corrected chi connectivity index (χ3v) is 4.91. The fourth-order valence-electron chi connectivity index (χ4n) is 2.69. The van der Waals surface area contributed by atoms with Crippen LogP contribution in [-0.2, 0) is 11.3 Å². The Kier molecular flexibility index (Phi) is 4.14. The number of thiazole rings is 1. The molecule has 3 unspecified atom stereocenters. The molecule has 1 aliphatic rings. The van der Waals surface area contributed by atoms with Crippen LogP contribution in [0.2, 0.25) is 0 Å². The Hall–Kier alpha value is -1.24. The summed E-state index contributed by atoms with van der Waals surface area (Å²) >= 11 is 1.70. The molecule has 2 N–H and O–H groups in total. The quantitative estimate of drug-likeness (QED) is 0.917. The third-order valence-electron chi connectivity index (χ3n) is 3.90. The van der Waals surface area contributed by atoms with Crippen LogP contribution in [0.1, 0.15) is 36.0 Å². The summed E-state index contributed by atoms with van der Waals surface area (Å²) in [5, 5.41) is 3.17. The Morgan fingerprint density at radius 1 is 1.60 bits per heavy atom. The molecule has 0 aromatic carbocycles. The van der Waals surface area contributed by atoms with Crippen LogP contribution < -0.4 is 5.73 Å². The van der Waals surface area contributed by atoms with Gasteiger partial charge in [0.15, 0.2) is 0 Å². The molecule has 2 aromatic heterocycles. The number of nitrogens with zero attached hydrogens (tertiary/aromatic N) is 3. The summed E-state index contributed by atoms with van der Waals surface area (Å²) in [6, 6.07) is 0.00324. The van der Waals surface area contributed by atoms with Crippen molar-refractivity contribution >= 4 is 11.3 Å². The summed E-state index contributed by atoms with van der Waals surface area (Å²) < 4.78 is 7.60. The van der Waals surface area contributed by atoms with Crippen molar-refractivity contribution in [1.82, 2.24) is 14.5 Å². The number of aromatic nitrogens is 3. The van der Waals surface area contributed by atoms with E-state index in [9.17, 15) is 0 Å². The number of hydrogen-bond acceptors (Lipinski definition) is 5. The minimum absolute atomic E-state index is 0.00324. The zero-order valence-corrected chi connectivity index (χ0v) is 12.4. The highest BCUT2D eigenvalue weighted by Crippen LogP contribution is 2.28. The molecule has 3 atom stereocenters. The first-order valence-electron chi connectivity index (χ1n) is 6.98. The van der Waals surface area contributed by atoms with Crippen molar-refractivity contribution in [3.8, 4) is 0 Å². The summed E-state index contributed by atoms with van der Waals surface area (Å²) in [6.45, 7) is 4.63. The van der Waals surface area contributed by atoms with Crippen LogP contribution in [0.15, 0.2) is 24.1 Å². The van der Waals surface area contributed by atoms with Gasteiger partial charge in [0.25, 0.3) is 0 Å². The zero-order chi connectivity index (χ0) is 13.9. The van der Waals surface area contributed by atoms with E-state index in [4.69, 9.17) is 10.5 Å². The molecule has 3 rings (SSSR count). The minimum atomic E-state index is 0.00324. The number of hydrogen-bond donors (Lipinski definition) is 1. The molecular weight excluding hydrogens is 272 g/mol. The van der Waals surface area contributed by atoms with Gasteiger partial charge >= 0.3 is 0 Å². The van der Waals surface area contributed by atoms with Gasteiger partial charge in [-0.3, -0.25) is 0 Å². The summed E-state index contributed by atoms with van der Waals surface area (Å²) in [4.78, 5) is 8.66. The van der Waals surface area contributed by atoms with Crippen molar-refractivity contribution in [2.45, 2.75) is 31.8 Å². The fraction of sp³-hybridized carbons (Fsp3) is 0.571. The average molecular weight is 292 g/mol. The Labute approximate surface area is 122 Å². The SMILES string of the molecule is CC(Cn1cncc1C(N)C1CCOC1)c1nccs1. The van der Waals surface area contributed by atoms with Crippen molar-refractivity contribution in [2.24, 2.45) is 11.7 Å². The van der Waals surface area contributed by atoms with Crippen molar-refractivity contribution in [1.29, 1.82) is 0 Å². The molecule has 20 heavy (non-hydrogen) atoms. The molecule has 1 aliphatic heterocycles. The van der Waals surface area contributed by atoms with E-state index in [1.165, 1.54) is 0 Å². The fourth-order valence-corrected chi connectivity index (χ4v) is 3.38. The largest absolute Gasteiger partial charge is 0.381 e. The maximum absolute atomic E-state index is 6.39. The molecular formula is C14H20N4OS. The lowest BCUT2D eigenvalue weighted by atomic mass is 9.97. The molecule has 0 spiro atoms. The van der Waals surface area contributed by atoms with Gasteiger partial charge in [-0.2, -0.15) is 0 Å². The van der Waals surface area contributed by atoms with Crippen LogP contribution in [0.5, 0.6) is 0 Å². The maximum Gasteiger partial charge on any atom is 0.0970 e. The highest BCUT2D eigenvalue weighted by Gasteiger charge is 2.26. The van der Waals surface area contributed by atoms with Crippen LogP contribution in [0.25, 0.3) is 0 Å². The Balaban J connectivity index is 1.73. The third kappa shape index (κ3) is 2.77. The first-order valence-corrected chi connectivity index (χ1v) is 7.86. The molecule has 3 heterocycles. The molecule has 5 nitrogen and oxygen atoms in total. The minimum Gasteiger partial charge on any atom is -0.381 e. The second kappa shape index (κ2) is 6.03. The lowest BCUT2D eigenvalue weighted by molar-refractivity contribution is 0.180. The van der Waals surface area contributed by atoms with E-state index in [0.717, 1.165) is 36.9 Å². The van der Waals surface area contributed by atoms with Gasteiger partial charge in [-0.15, -0.1) is 11.3 Å². The van der Waals surface area contributed by atoms with E-state index < -0.39 is 0 Å². The van der Waals surface area contributed by atoms with Crippen molar-refractivity contribution < 1.29 is 4.74 Å². The number of ether oxygens (including phenoxy) is 1. The average Bonchev–Trinajstić information content (AvgIpc) is 3.20. The standard InChI is InChI=1S/C14H20N4OS/c1-10(14-17-3-5-20-14)7-18-9-16-6-12(18)13(15)11-2-4-19-8-11/h3,5-6,9-11,13H,2,4,7-8,15H2,1H3. The lowest BCUT2D eigenvalue weighted by Gasteiger charge is -2.20. The normalized spacial score (nSPS) is 22.0. The molecule has 6 heteroatoms. The predicted octanol–water partition coefficient (Wildman–Crippen LogP) is 2.18. The van der Waals surface area contributed by atoms with Gasteiger partial charge in [0.2, 0.25) is 0 Å². The number of nitrogens with two attached hydrogens (primary N) is 1. The molecule has 0 saturated carbocycles. The van der Waals surface area contributed by atoms with E-state index in [-0.39, 0.29) is 6.04 Å². The molecule has 1 fully saturated rings. The smallest absolute Gasteiger partial charge is 0.0970 e. The van der Waals surface area contributed by atoms with Gasteiger partial charge < -0.3 is 15.0 Å². The van der Waals surface area contributed by atoms with Crippen LogP contribution >= 0.6 is 11.3 Å². The van der Waals surface area contributed by atoms with Crippen molar-refractivity contribution in [3.63, 3.8) is 0 Å². The van der Waals surface area contributed by atoms with Gasteiger partial charge in [-0.1, -0.05) is 6.92 Å². The van der Waals surface area contributed by atoms with E-state index in [1.807, 2.05) is 24.1 Å². The number of rotatable bonds is 5. The van der Waals surface area contributed by atoms with Gasteiger partial charge in [-0.05, 0) is 6.42 Å². The van der Waals surface area contributed by atoms with Gasteiger partial charge in [0.1, 0.15) is 0 Å². The summed E-state index contributed by atoms with van der Waals surface area (Å²) in [6.07, 6.45) is 6.65. The zero-order valence-electron chi connectivity index (χ0n) is 11.6. The molecule has 1 saturated heterocycles. The van der Waals surface area contributed by atoms with E-state index in [2.05, 4.69) is 21.5 Å². The van der Waals surface area contributed by atoms with E-state index >= 15 is 0 Å². The second-order valence-electron chi connectivity index (χ2n) is 5.39. The second-order valence-corrected chi connectivity index (χ2v) is 6.32. The first kappa shape index (κ1) is 13.7. The van der Waals surface area contributed by atoms with Crippen molar-refractivity contribution in [2.75, 3.05) is 13.2 Å². The monoisotopic (exact) mass is 292 g/mol.